The van der Waals surface area contributed by atoms with Gasteiger partial charge in [0.25, 0.3) is 5.91 Å². The molecule has 9 heteroatoms. The van der Waals surface area contributed by atoms with Crippen LogP contribution in [0.25, 0.3) is 5.69 Å². The summed E-state index contributed by atoms with van der Waals surface area (Å²) in [5.74, 6) is -0.351. The lowest BCUT2D eigenvalue weighted by Crippen LogP contribution is -2.42. The van der Waals surface area contributed by atoms with Gasteiger partial charge in [0.2, 0.25) is 0 Å². The Morgan fingerprint density at radius 2 is 1.91 bits per heavy atom. The number of carbonyl (C=O) groups is 2. The molecule has 1 amide bonds. The first-order valence-electron chi connectivity index (χ1n) is 11.3. The molecule has 1 N–H and O–H groups in total. The summed E-state index contributed by atoms with van der Waals surface area (Å²) in [5.41, 5.74) is 3.97. The largest absolute Gasteiger partial charge is 0.342 e. The quantitative estimate of drug-likeness (QED) is 0.362. The molecule has 178 valence electrons. The van der Waals surface area contributed by atoms with Gasteiger partial charge in [0, 0.05) is 23.3 Å². The van der Waals surface area contributed by atoms with Crippen LogP contribution < -0.4 is 5.32 Å². The summed E-state index contributed by atoms with van der Waals surface area (Å²) in [6, 6.07) is 18.0. The lowest BCUT2D eigenvalue weighted by Gasteiger charge is -2.18. The molecule has 0 radical (unpaired) electrons. The molecule has 2 aromatic heterocycles. The lowest BCUT2D eigenvalue weighted by molar-refractivity contribution is -0.121. The number of hydrogen-bond donors (Lipinski definition) is 1. The van der Waals surface area contributed by atoms with Crippen molar-refractivity contribution in [3.63, 3.8) is 0 Å². The summed E-state index contributed by atoms with van der Waals surface area (Å²) in [4.78, 5) is 30.3. The number of tetrazole rings is 1. The van der Waals surface area contributed by atoms with Gasteiger partial charge in [0.1, 0.15) is 6.33 Å². The van der Waals surface area contributed by atoms with Gasteiger partial charge in [-0.05, 0) is 78.1 Å². The van der Waals surface area contributed by atoms with E-state index in [0.29, 0.717) is 36.3 Å². The second-order valence-electron chi connectivity index (χ2n) is 8.25. The minimum absolute atomic E-state index is 0.0340. The molecule has 2 heterocycles. The molecule has 0 unspecified atom stereocenters. The smallest absolute Gasteiger partial charge is 0.253 e. The van der Waals surface area contributed by atoms with Gasteiger partial charge in [0.15, 0.2) is 5.78 Å². The van der Waals surface area contributed by atoms with E-state index in [1.807, 2.05) is 49.4 Å². The van der Waals surface area contributed by atoms with Gasteiger partial charge in [-0.15, -0.1) is 5.10 Å². The van der Waals surface area contributed by atoms with E-state index >= 15 is 0 Å². The topological polar surface area (TPSA) is 103 Å². The van der Waals surface area contributed by atoms with Crippen LogP contribution in [0.2, 0.25) is 5.02 Å². The number of carbonyl (C=O) groups excluding carboxylic acids is 2. The van der Waals surface area contributed by atoms with Crippen LogP contribution in [-0.2, 0) is 17.6 Å². The fraction of sp³-hybridized carbons (Fsp3) is 0.231. The Hall–Kier alpha value is -3.91. The van der Waals surface area contributed by atoms with Gasteiger partial charge in [-0.1, -0.05) is 41.9 Å². The number of hydrogen-bond acceptors (Lipinski definition) is 6. The first-order chi connectivity index (χ1) is 17.0. The summed E-state index contributed by atoms with van der Waals surface area (Å²) in [6.07, 6.45) is 4.94. The predicted octanol–water partition coefficient (Wildman–Crippen LogP) is 3.95. The Balaban J connectivity index is 1.45. The van der Waals surface area contributed by atoms with E-state index in [2.05, 4.69) is 25.8 Å². The third-order valence-corrected chi connectivity index (χ3v) is 5.89. The number of pyridine rings is 1. The Bertz CT molecular complexity index is 1280. The first kappa shape index (κ1) is 24.2. The maximum Gasteiger partial charge on any atom is 0.253 e. The summed E-state index contributed by atoms with van der Waals surface area (Å²) in [6.45, 7) is 1.86. The second kappa shape index (κ2) is 11.5. The number of Topliss-reactive ketones (excluding diaryl/α,β-unsaturated/α-hetero) is 1. The molecule has 0 bridgehead atoms. The highest BCUT2D eigenvalue weighted by Gasteiger charge is 2.22. The zero-order chi connectivity index (χ0) is 24.6. The van der Waals surface area contributed by atoms with E-state index in [9.17, 15) is 9.59 Å². The zero-order valence-corrected chi connectivity index (χ0v) is 20.0. The van der Waals surface area contributed by atoms with Crippen molar-refractivity contribution in [3.8, 4) is 5.69 Å². The van der Waals surface area contributed by atoms with Crippen molar-refractivity contribution in [3.05, 3.63) is 101 Å². The third kappa shape index (κ3) is 6.58. The lowest BCUT2D eigenvalue weighted by atomic mass is 9.97. The summed E-state index contributed by atoms with van der Waals surface area (Å²) in [7, 11) is 0. The highest BCUT2D eigenvalue weighted by Crippen LogP contribution is 2.21. The molecular formula is C26H25ClN6O2. The molecule has 0 aliphatic rings. The van der Waals surface area contributed by atoms with Gasteiger partial charge in [0.05, 0.1) is 17.3 Å². The van der Waals surface area contributed by atoms with Gasteiger partial charge in [-0.2, -0.15) is 0 Å². The molecule has 8 nitrogen and oxygen atoms in total. The molecule has 0 spiro atoms. The number of aromatic nitrogens is 5. The fourth-order valence-electron chi connectivity index (χ4n) is 3.82. The van der Waals surface area contributed by atoms with Crippen molar-refractivity contribution in [2.75, 3.05) is 0 Å². The van der Waals surface area contributed by atoms with Crippen LogP contribution in [0.15, 0.2) is 73.2 Å². The van der Waals surface area contributed by atoms with E-state index in [1.165, 1.54) is 12.5 Å². The van der Waals surface area contributed by atoms with Crippen molar-refractivity contribution in [2.45, 2.75) is 38.6 Å². The van der Waals surface area contributed by atoms with Crippen molar-refractivity contribution in [1.82, 2.24) is 30.5 Å². The van der Waals surface area contributed by atoms with E-state index in [4.69, 9.17) is 11.6 Å². The highest BCUT2D eigenvalue weighted by molar-refractivity contribution is 6.30. The van der Waals surface area contributed by atoms with E-state index in [1.54, 1.807) is 22.9 Å². The average molecular weight is 489 g/mol. The van der Waals surface area contributed by atoms with Crippen LogP contribution >= 0.6 is 11.6 Å². The number of nitrogens with one attached hydrogen (secondary N) is 1. The summed E-state index contributed by atoms with van der Waals surface area (Å²) >= 11 is 6.21. The first-order valence-corrected chi connectivity index (χ1v) is 11.7. The molecule has 1 atom stereocenters. The fourth-order valence-corrected chi connectivity index (χ4v) is 4.01. The van der Waals surface area contributed by atoms with Crippen LogP contribution in [0.4, 0.5) is 0 Å². The molecule has 0 fully saturated rings. The van der Waals surface area contributed by atoms with Crippen molar-refractivity contribution in [1.29, 1.82) is 0 Å². The molecule has 2 aromatic carbocycles. The number of halogens is 1. The number of ketones is 1. The molecule has 4 aromatic rings. The number of nitrogens with zero attached hydrogens (tertiary/aromatic N) is 5. The van der Waals surface area contributed by atoms with Crippen molar-refractivity contribution in [2.24, 2.45) is 0 Å². The predicted molar refractivity (Wildman–Crippen MR) is 132 cm³/mol. The monoisotopic (exact) mass is 488 g/mol. The second-order valence-corrected chi connectivity index (χ2v) is 8.69. The standard InChI is InChI=1S/C26H25ClN6O2/c1-18-10-11-21(16-28-18)26(35)30-23(14-19-6-3-2-4-7-19)25(34)9-5-8-20-15-22(27)12-13-24(20)33-17-29-31-32-33/h2-4,6-7,10-13,15-17,23H,5,8-9,14H2,1H3,(H,30,35)/t23-/m0/s1. The van der Waals surface area contributed by atoms with E-state index in [0.717, 1.165) is 22.5 Å². The number of amides is 1. The molecule has 0 saturated heterocycles. The summed E-state index contributed by atoms with van der Waals surface area (Å²) < 4.78 is 1.57. The third-order valence-electron chi connectivity index (χ3n) is 5.66. The minimum Gasteiger partial charge on any atom is -0.342 e. The molecule has 0 aliphatic carbocycles. The normalized spacial score (nSPS) is 11.7. The van der Waals surface area contributed by atoms with Gasteiger partial charge in [-0.25, -0.2) is 4.68 Å². The maximum absolute atomic E-state index is 13.2. The molecule has 0 saturated carbocycles. The zero-order valence-electron chi connectivity index (χ0n) is 19.3. The Labute approximate surface area is 208 Å². The van der Waals surface area contributed by atoms with Gasteiger partial charge < -0.3 is 5.32 Å². The SMILES string of the molecule is Cc1ccc(C(=O)N[C@@H](Cc2ccccc2)C(=O)CCCc2cc(Cl)ccc2-n2cnnn2)cn1. The molecule has 0 aliphatic heterocycles. The van der Waals surface area contributed by atoms with Crippen LogP contribution in [0.5, 0.6) is 0 Å². The van der Waals surface area contributed by atoms with Crippen LogP contribution in [0.1, 0.15) is 40.0 Å². The number of benzene rings is 2. The van der Waals surface area contributed by atoms with E-state index < -0.39 is 6.04 Å². The highest BCUT2D eigenvalue weighted by atomic mass is 35.5. The number of rotatable bonds is 10. The summed E-state index contributed by atoms with van der Waals surface area (Å²) in [5, 5.41) is 14.9. The minimum atomic E-state index is -0.649. The average Bonchev–Trinajstić information content (AvgIpc) is 3.39. The molecular weight excluding hydrogens is 464 g/mol. The van der Waals surface area contributed by atoms with Crippen LogP contribution in [-0.4, -0.2) is 42.9 Å². The molecule has 35 heavy (non-hydrogen) atoms. The van der Waals surface area contributed by atoms with Crippen LogP contribution in [0.3, 0.4) is 0 Å². The van der Waals surface area contributed by atoms with Gasteiger partial charge >= 0.3 is 0 Å². The van der Waals surface area contributed by atoms with E-state index in [-0.39, 0.29) is 11.7 Å². The number of aryl methyl sites for hydroxylation is 2. The maximum atomic E-state index is 13.2. The Kier molecular flexibility index (Phi) is 7.95. The van der Waals surface area contributed by atoms with Crippen LogP contribution in [0, 0.1) is 6.92 Å². The Morgan fingerprint density at radius 3 is 2.63 bits per heavy atom. The van der Waals surface area contributed by atoms with Crippen molar-refractivity contribution < 1.29 is 9.59 Å². The molecule has 4 rings (SSSR count). The van der Waals surface area contributed by atoms with Gasteiger partial charge in [-0.3, -0.25) is 14.6 Å². The Morgan fingerprint density at radius 1 is 1.09 bits per heavy atom. The van der Waals surface area contributed by atoms with Crippen molar-refractivity contribution >= 4 is 23.3 Å².